The van der Waals surface area contributed by atoms with Crippen molar-refractivity contribution in [3.63, 3.8) is 0 Å². The van der Waals surface area contributed by atoms with Crippen LogP contribution in [0.25, 0.3) is 0 Å². The van der Waals surface area contributed by atoms with E-state index in [0.29, 0.717) is 5.92 Å². The Hall–Kier alpha value is -0.900. The van der Waals surface area contributed by atoms with Gasteiger partial charge in [0.05, 0.1) is 12.3 Å². The monoisotopic (exact) mass is 239 g/mol. The summed E-state index contributed by atoms with van der Waals surface area (Å²) in [5.74, 6) is 0.466. The minimum absolute atomic E-state index is 0.000386. The van der Waals surface area contributed by atoms with Crippen LogP contribution in [0.2, 0.25) is 0 Å². The number of aliphatic hydroxyl groups is 1. The molecular weight excluding hydrogens is 214 g/mol. The highest BCUT2D eigenvalue weighted by Gasteiger charge is 2.19. The van der Waals surface area contributed by atoms with Gasteiger partial charge in [0.25, 0.3) is 0 Å². The fourth-order valence-corrected chi connectivity index (χ4v) is 2.27. The first-order valence-electron chi connectivity index (χ1n) is 6.81. The molecule has 0 aliphatic heterocycles. The van der Waals surface area contributed by atoms with Gasteiger partial charge in [0.15, 0.2) is 0 Å². The molecule has 1 N–H and O–H groups in total. The fraction of sp³-hybridized carbons (Fsp3) is 0.846. The summed E-state index contributed by atoms with van der Waals surface area (Å²) in [4.78, 5) is 0. The van der Waals surface area contributed by atoms with Gasteiger partial charge in [-0.1, -0.05) is 38.8 Å². The van der Waals surface area contributed by atoms with Crippen LogP contribution in [0.15, 0.2) is 0 Å². The van der Waals surface area contributed by atoms with Crippen molar-refractivity contribution in [2.24, 2.45) is 0 Å². The van der Waals surface area contributed by atoms with Crippen molar-refractivity contribution in [1.29, 1.82) is 0 Å². The molecule has 1 aromatic rings. The molecule has 0 bridgehead atoms. The Morgan fingerprint density at radius 2 is 1.88 bits per heavy atom. The number of hydrogen-bond acceptors (Lipinski definition) is 3. The number of unbranched alkanes of at least 4 members (excludes halogenated alkanes) is 2. The van der Waals surface area contributed by atoms with E-state index < -0.39 is 0 Å². The maximum absolute atomic E-state index is 9.33. The molecule has 0 aromatic carbocycles. The third-order valence-corrected chi connectivity index (χ3v) is 3.34. The summed E-state index contributed by atoms with van der Waals surface area (Å²) in [5, 5.41) is 17.6. The lowest BCUT2D eigenvalue weighted by Gasteiger charge is -2.15. The molecule has 0 saturated carbocycles. The highest BCUT2D eigenvalue weighted by atomic mass is 16.3. The first kappa shape index (κ1) is 14.2. The van der Waals surface area contributed by atoms with Crippen LogP contribution in [-0.4, -0.2) is 20.1 Å². The van der Waals surface area contributed by atoms with Gasteiger partial charge in [-0.25, -0.2) is 4.68 Å². The zero-order valence-corrected chi connectivity index (χ0v) is 11.3. The molecular formula is C13H25N3O. The van der Waals surface area contributed by atoms with Crippen molar-refractivity contribution >= 4 is 0 Å². The van der Waals surface area contributed by atoms with Gasteiger partial charge in [-0.2, -0.15) is 0 Å². The van der Waals surface area contributed by atoms with Crippen molar-refractivity contribution in [3.8, 4) is 0 Å². The summed E-state index contributed by atoms with van der Waals surface area (Å²) in [7, 11) is 0. The van der Waals surface area contributed by atoms with Crippen LogP contribution in [0.3, 0.4) is 0 Å². The molecule has 0 aliphatic carbocycles. The van der Waals surface area contributed by atoms with Gasteiger partial charge >= 0.3 is 0 Å². The summed E-state index contributed by atoms with van der Waals surface area (Å²) in [6.45, 7) is 7.48. The smallest absolute Gasteiger partial charge is 0.112 e. The van der Waals surface area contributed by atoms with Gasteiger partial charge in [-0.15, -0.1) is 5.10 Å². The number of aromatic nitrogens is 3. The molecule has 1 rings (SSSR count). The van der Waals surface area contributed by atoms with Gasteiger partial charge < -0.3 is 5.11 Å². The molecule has 0 saturated heterocycles. The Balaban J connectivity index is 2.84. The second kappa shape index (κ2) is 7.43. The Bertz CT molecular complexity index is 318. The Kier molecular flexibility index (Phi) is 6.19. The number of aryl methyl sites for hydroxylation is 1. The molecule has 0 amide bonds. The van der Waals surface area contributed by atoms with Crippen LogP contribution >= 0.6 is 0 Å². The molecule has 0 aliphatic rings. The van der Waals surface area contributed by atoms with Crippen LogP contribution in [0.5, 0.6) is 0 Å². The van der Waals surface area contributed by atoms with Gasteiger partial charge in [0.2, 0.25) is 0 Å². The lowest BCUT2D eigenvalue weighted by atomic mass is 9.97. The summed E-state index contributed by atoms with van der Waals surface area (Å²) in [6, 6.07) is 0. The fourth-order valence-electron chi connectivity index (χ4n) is 2.27. The summed E-state index contributed by atoms with van der Waals surface area (Å²) in [6.07, 6.45) is 5.71. The average molecular weight is 239 g/mol. The largest absolute Gasteiger partial charge is 0.390 e. The highest BCUT2D eigenvalue weighted by Crippen LogP contribution is 2.25. The lowest BCUT2D eigenvalue weighted by molar-refractivity contribution is 0.274. The normalized spacial score (nSPS) is 11.4. The zero-order chi connectivity index (χ0) is 12.7. The topological polar surface area (TPSA) is 50.9 Å². The SMILES string of the molecule is CCCCCn1nnc(CO)c1C(CC)CC. The van der Waals surface area contributed by atoms with Gasteiger partial charge in [-0.05, 0) is 19.3 Å². The van der Waals surface area contributed by atoms with E-state index >= 15 is 0 Å². The van der Waals surface area contributed by atoms with Crippen LogP contribution in [0.1, 0.15) is 70.2 Å². The van der Waals surface area contributed by atoms with E-state index in [-0.39, 0.29) is 6.61 Å². The van der Waals surface area contributed by atoms with E-state index in [0.717, 1.165) is 37.2 Å². The van der Waals surface area contributed by atoms with Gasteiger partial charge in [-0.3, -0.25) is 0 Å². The summed E-state index contributed by atoms with van der Waals surface area (Å²) < 4.78 is 2.00. The molecule has 17 heavy (non-hydrogen) atoms. The van der Waals surface area contributed by atoms with E-state index in [1.165, 1.54) is 12.8 Å². The molecule has 0 unspecified atom stereocenters. The number of aliphatic hydroxyl groups excluding tert-OH is 1. The maximum atomic E-state index is 9.33. The lowest BCUT2D eigenvalue weighted by Crippen LogP contribution is -2.11. The van der Waals surface area contributed by atoms with Crippen LogP contribution in [-0.2, 0) is 13.2 Å². The van der Waals surface area contributed by atoms with E-state index in [2.05, 4.69) is 31.1 Å². The Labute approximate surface area is 104 Å². The standard InChI is InChI=1S/C13H25N3O/c1-4-7-8-9-16-13(11(5-2)6-3)12(10-17)14-15-16/h11,17H,4-10H2,1-3H3. The molecule has 0 fully saturated rings. The van der Waals surface area contributed by atoms with E-state index in [1.807, 2.05) is 4.68 Å². The van der Waals surface area contributed by atoms with Gasteiger partial charge in [0.1, 0.15) is 5.69 Å². The predicted molar refractivity (Wildman–Crippen MR) is 68.8 cm³/mol. The number of rotatable bonds is 8. The first-order chi connectivity index (χ1) is 8.28. The van der Waals surface area contributed by atoms with E-state index in [9.17, 15) is 5.11 Å². The third-order valence-electron chi connectivity index (χ3n) is 3.34. The maximum Gasteiger partial charge on any atom is 0.112 e. The number of nitrogens with zero attached hydrogens (tertiary/aromatic N) is 3. The van der Waals surface area contributed by atoms with Crippen LogP contribution in [0.4, 0.5) is 0 Å². The third kappa shape index (κ3) is 3.53. The van der Waals surface area contributed by atoms with Gasteiger partial charge in [0, 0.05) is 12.5 Å². The molecule has 0 radical (unpaired) electrons. The molecule has 0 atom stereocenters. The van der Waals surface area contributed by atoms with Crippen LogP contribution < -0.4 is 0 Å². The molecule has 1 aromatic heterocycles. The molecule has 98 valence electrons. The summed E-state index contributed by atoms with van der Waals surface area (Å²) >= 11 is 0. The second-order valence-corrected chi connectivity index (χ2v) is 4.52. The summed E-state index contributed by atoms with van der Waals surface area (Å²) in [5.41, 5.74) is 1.91. The zero-order valence-electron chi connectivity index (χ0n) is 11.3. The number of hydrogen-bond donors (Lipinski definition) is 1. The van der Waals surface area contributed by atoms with E-state index in [4.69, 9.17) is 0 Å². The van der Waals surface area contributed by atoms with Crippen molar-refractivity contribution in [2.75, 3.05) is 0 Å². The Morgan fingerprint density at radius 3 is 2.41 bits per heavy atom. The van der Waals surface area contributed by atoms with Crippen molar-refractivity contribution in [2.45, 2.75) is 71.9 Å². The second-order valence-electron chi connectivity index (χ2n) is 4.52. The predicted octanol–water partition coefficient (Wildman–Crippen LogP) is 2.86. The minimum Gasteiger partial charge on any atom is -0.390 e. The quantitative estimate of drug-likeness (QED) is 0.710. The average Bonchev–Trinajstić information content (AvgIpc) is 2.75. The van der Waals surface area contributed by atoms with E-state index in [1.54, 1.807) is 0 Å². The molecule has 0 spiro atoms. The molecule has 4 heteroatoms. The molecule has 1 heterocycles. The highest BCUT2D eigenvalue weighted by molar-refractivity contribution is 5.14. The first-order valence-corrected chi connectivity index (χ1v) is 6.81. The minimum atomic E-state index is -0.000386. The Morgan fingerprint density at radius 1 is 1.18 bits per heavy atom. The van der Waals surface area contributed by atoms with Crippen molar-refractivity contribution in [3.05, 3.63) is 11.4 Å². The molecule has 4 nitrogen and oxygen atoms in total. The van der Waals surface area contributed by atoms with Crippen molar-refractivity contribution in [1.82, 2.24) is 15.0 Å². The van der Waals surface area contributed by atoms with Crippen LogP contribution in [0, 0.1) is 0 Å². The van der Waals surface area contributed by atoms with Crippen molar-refractivity contribution < 1.29 is 5.11 Å².